The van der Waals surface area contributed by atoms with Gasteiger partial charge in [0.25, 0.3) is 0 Å². The number of esters is 3. The highest BCUT2D eigenvalue weighted by Gasteiger charge is 2.64. The van der Waals surface area contributed by atoms with Gasteiger partial charge in [-0.2, -0.15) is 0 Å². The van der Waals surface area contributed by atoms with Crippen molar-refractivity contribution in [3.05, 3.63) is 12.2 Å². The first-order chi connectivity index (χ1) is 19.6. The lowest BCUT2D eigenvalue weighted by molar-refractivity contribution is -0.219. The molecule has 11 unspecified atom stereocenters. The van der Waals surface area contributed by atoms with Crippen LogP contribution in [-0.2, 0) is 28.6 Å². The SMILES string of the molecule is CC(=O)OC1CC2C(OC(C)=O)CC3C4CCC(C(C)C=CC(C(C)C)C(C)C)C4(C)CCC3C2(C)CC1OC(C)=O. The fourth-order valence-electron chi connectivity index (χ4n) is 10.8. The Morgan fingerprint density at radius 2 is 1.21 bits per heavy atom. The maximum Gasteiger partial charge on any atom is 0.303 e. The highest BCUT2D eigenvalue weighted by molar-refractivity contribution is 5.67. The normalized spacial score (nSPS) is 40.4. The third kappa shape index (κ3) is 6.34. The van der Waals surface area contributed by atoms with Gasteiger partial charge in [-0.15, -0.1) is 0 Å². The van der Waals surface area contributed by atoms with E-state index in [1.54, 1.807) is 0 Å². The summed E-state index contributed by atoms with van der Waals surface area (Å²) in [5.41, 5.74) is 0.0801. The van der Waals surface area contributed by atoms with Crippen molar-refractivity contribution in [1.82, 2.24) is 0 Å². The Morgan fingerprint density at radius 1 is 0.667 bits per heavy atom. The lowest BCUT2D eigenvalue weighted by Crippen LogP contribution is -2.62. The summed E-state index contributed by atoms with van der Waals surface area (Å²) in [7, 11) is 0. The number of carbonyl (C=O) groups excluding carboxylic acids is 3. The van der Waals surface area contributed by atoms with Crippen molar-refractivity contribution >= 4 is 17.9 Å². The van der Waals surface area contributed by atoms with Crippen LogP contribution < -0.4 is 0 Å². The number of carbonyl (C=O) groups is 3. The van der Waals surface area contributed by atoms with Crippen LogP contribution in [0.25, 0.3) is 0 Å². The van der Waals surface area contributed by atoms with Gasteiger partial charge in [-0.3, -0.25) is 14.4 Å². The molecule has 42 heavy (non-hydrogen) atoms. The molecule has 4 aliphatic rings. The molecule has 4 fully saturated rings. The largest absolute Gasteiger partial charge is 0.462 e. The quantitative estimate of drug-likeness (QED) is 0.164. The highest BCUT2D eigenvalue weighted by atomic mass is 16.6. The van der Waals surface area contributed by atoms with Crippen LogP contribution >= 0.6 is 0 Å². The summed E-state index contributed by atoms with van der Waals surface area (Å²) in [6.45, 7) is 21.0. The number of fused-ring (bicyclic) bond motifs is 5. The van der Waals surface area contributed by atoms with Crippen LogP contribution in [0.5, 0.6) is 0 Å². The molecule has 0 radical (unpaired) electrons. The molecule has 0 aromatic carbocycles. The molecule has 4 rings (SSSR count). The molecule has 4 saturated carbocycles. The van der Waals surface area contributed by atoms with Crippen LogP contribution in [-0.4, -0.2) is 36.2 Å². The monoisotopic (exact) mass is 586 g/mol. The Labute approximate surface area is 255 Å². The van der Waals surface area contributed by atoms with Crippen LogP contribution in [0, 0.1) is 64.1 Å². The second kappa shape index (κ2) is 12.6. The smallest absolute Gasteiger partial charge is 0.303 e. The molecule has 6 heteroatoms. The molecular formula is C36H58O6. The number of ether oxygens (including phenoxy) is 3. The zero-order valence-electron chi connectivity index (χ0n) is 28.0. The van der Waals surface area contributed by atoms with E-state index in [-0.39, 0.29) is 40.8 Å². The summed E-state index contributed by atoms with van der Waals surface area (Å²) < 4.78 is 17.6. The number of hydrogen-bond donors (Lipinski definition) is 0. The summed E-state index contributed by atoms with van der Waals surface area (Å²) in [4.78, 5) is 36.5. The van der Waals surface area contributed by atoms with Crippen molar-refractivity contribution < 1.29 is 28.6 Å². The summed E-state index contributed by atoms with van der Waals surface area (Å²) in [5.74, 6) is 3.62. The Morgan fingerprint density at radius 3 is 1.79 bits per heavy atom. The maximum atomic E-state index is 12.4. The van der Waals surface area contributed by atoms with Gasteiger partial charge >= 0.3 is 17.9 Å². The van der Waals surface area contributed by atoms with E-state index in [9.17, 15) is 14.4 Å². The van der Waals surface area contributed by atoms with Gasteiger partial charge in [0.1, 0.15) is 18.3 Å². The summed E-state index contributed by atoms with van der Waals surface area (Å²) >= 11 is 0. The Balaban J connectivity index is 1.63. The molecule has 0 aromatic heterocycles. The fourth-order valence-corrected chi connectivity index (χ4v) is 10.8. The molecule has 11 atom stereocenters. The minimum Gasteiger partial charge on any atom is -0.462 e. The Kier molecular flexibility index (Phi) is 9.94. The van der Waals surface area contributed by atoms with Gasteiger partial charge in [-0.25, -0.2) is 0 Å². The zero-order chi connectivity index (χ0) is 31.1. The molecule has 6 nitrogen and oxygen atoms in total. The van der Waals surface area contributed by atoms with Gasteiger partial charge in [0.2, 0.25) is 0 Å². The van der Waals surface area contributed by atoms with Crippen molar-refractivity contribution in [2.75, 3.05) is 0 Å². The molecule has 0 aliphatic heterocycles. The Bertz CT molecular complexity index is 1020. The van der Waals surface area contributed by atoms with Crippen LogP contribution in [0.3, 0.4) is 0 Å². The molecule has 0 saturated heterocycles. The first kappa shape index (κ1) is 33.1. The van der Waals surface area contributed by atoms with Gasteiger partial charge in [0.05, 0.1) is 0 Å². The zero-order valence-corrected chi connectivity index (χ0v) is 28.0. The van der Waals surface area contributed by atoms with E-state index in [1.165, 1.54) is 40.0 Å². The summed E-state index contributed by atoms with van der Waals surface area (Å²) in [5, 5.41) is 0. The second-order valence-electron chi connectivity index (χ2n) is 15.6. The molecular weight excluding hydrogens is 528 g/mol. The number of hydrogen-bond acceptors (Lipinski definition) is 6. The van der Waals surface area contributed by atoms with E-state index in [4.69, 9.17) is 14.2 Å². The van der Waals surface area contributed by atoms with Crippen LogP contribution in [0.4, 0.5) is 0 Å². The molecule has 238 valence electrons. The minimum absolute atomic E-state index is 0.0613. The molecule has 4 aliphatic carbocycles. The summed E-state index contributed by atoms with van der Waals surface area (Å²) in [6, 6.07) is 0. The van der Waals surface area contributed by atoms with Gasteiger partial charge < -0.3 is 14.2 Å². The molecule has 0 heterocycles. The van der Waals surface area contributed by atoms with E-state index in [1.807, 2.05) is 0 Å². The molecule has 0 aromatic rings. The van der Waals surface area contributed by atoms with E-state index in [0.717, 1.165) is 12.8 Å². The van der Waals surface area contributed by atoms with E-state index >= 15 is 0 Å². The average Bonchev–Trinajstić information content (AvgIpc) is 3.21. The topological polar surface area (TPSA) is 78.9 Å². The lowest BCUT2D eigenvalue weighted by atomic mass is 9.43. The summed E-state index contributed by atoms with van der Waals surface area (Å²) in [6.07, 6.45) is 10.7. The first-order valence-electron chi connectivity index (χ1n) is 16.8. The van der Waals surface area contributed by atoms with Crippen molar-refractivity contribution in [2.24, 2.45) is 64.1 Å². The highest BCUT2D eigenvalue weighted by Crippen LogP contribution is 2.68. The standard InChI is InChI=1S/C36H58O6/c1-20(2)26(21(3)4)12-11-22(5)28-13-14-29-27-17-32(40-23(6)37)31-18-33(41-24(7)38)34(42-25(8)39)19-36(31,10)30(27)15-16-35(28,29)9/h11-12,20-22,26-34H,13-19H2,1-10H3. The van der Waals surface area contributed by atoms with Crippen LogP contribution in [0.15, 0.2) is 12.2 Å². The molecule has 0 N–H and O–H groups in total. The molecule has 0 bridgehead atoms. The number of allylic oxidation sites excluding steroid dienone is 2. The van der Waals surface area contributed by atoms with E-state index < -0.39 is 12.2 Å². The van der Waals surface area contributed by atoms with Crippen molar-refractivity contribution in [3.8, 4) is 0 Å². The van der Waals surface area contributed by atoms with E-state index in [2.05, 4.69) is 60.6 Å². The van der Waals surface area contributed by atoms with E-state index in [0.29, 0.717) is 60.2 Å². The molecule has 0 spiro atoms. The van der Waals surface area contributed by atoms with Gasteiger partial charge in [0, 0.05) is 26.7 Å². The van der Waals surface area contributed by atoms with Gasteiger partial charge in [0.15, 0.2) is 0 Å². The van der Waals surface area contributed by atoms with Crippen LogP contribution in [0.1, 0.15) is 114 Å². The maximum absolute atomic E-state index is 12.4. The third-order valence-corrected chi connectivity index (χ3v) is 12.5. The minimum atomic E-state index is -0.517. The van der Waals surface area contributed by atoms with Crippen molar-refractivity contribution in [1.29, 1.82) is 0 Å². The fraction of sp³-hybridized carbons (Fsp3) is 0.861. The average molecular weight is 587 g/mol. The first-order valence-corrected chi connectivity index (χ1v) is 16.8. The Hall–Kier alpha value is -1.85. The molecule has 0 amide bonds. The lowest BCUT2D eigenvalue weighted by Gasteiger charge is -2.63. The van der Waals surface area contributed by atoms with Gasteiger partial charge in [-0.1, -0.05) is 60.6 Å². The van der Waals surface area contributed by atoms with Crippen molar-refractivity contribution in [2.45, 2.75) is 132 Å². The second-order valence-corrected chi connectivity index (χ2v) is 15.6. The van der Waals surface area contributed by atoms with Crippen LogP contribution in [0.2, 0.25) is 0 Å². The predicted octanol–water partition coefficient (Wildman–Crippen LogP) is 7.78. The number of rotatable bonds is 8. The van der Waals surface area contributed by atoms with Crippen molar-refractivity contribution in [3.63, 3.8) is 0 Å². The third-order valence-electron chi connectivity index (χ3n) is 12.5. The predicted molar refractivity (Wildman–Crippen MR) is 164 cm³/mol. The van der Waals surface area contributed by atoms with Gasteiger partial charge in [-0.05, 0) is 103 Å².